The van der Waals surface area contributed by atoms with Crippen LogP contribution in [0.2, 0.25) is 0 Å². The van der Waals surface area contributed by atoms with E-state index in [9.17, 15) is 12.8 Å². The minimum Gasteiger partial charge on any atom is -0.324 e. The summed E-state index contributed by atoms with van der Waals surface area (Å²) in [6, 6.07) is 8.67. The number of anilines is 2. The Bertz CT molecular complexity index is 994. The molecule has 3 rings (SSSR count). The Balaban J connectivity index is 1.92. The zero-order valence-corrected chi connectivity index (χ0v) is 12.9. The molecule has 0 aliphatic heterocycles. The van der Waals surface area contributed by atoms with Crippen molar-refractivity contribution in [2.75, 3.05) is 5.32 Å². The van der Waals surface area contributed by atoms with Crippen molar-refractivity contribution < 1.29 is 12.8 Å². The van der Waals surface area contributed by atoms with Crippen LogP contribution in [0.1, 0.15) is 0 Å². The number of nitrogens with one attached hydrogen (secondary N) is 1. The number of fused-ring (bicyclic) bond motifs is 1. The molecule has 0 saturated heterocycles. The third-order valence-electron chi connectivity index (χ3n) is 3.28. The number of nitrogens with zero attached hydrogens (tertiary/aromatic N) is 2. The van der Waals surface area contributed by atoms with Gasteiger partial charge in [-0.15, -0.1) is 0 Å². The summed E-state index contributed by atoms with van der Waals surface area (Å²) >= 11 is 0. The maximum atomic E-state index is 13.3. The number of hydrogen-bond acceptors (Lipinski definition) is 5. The number of rotatable bonds is 3. The molecule has 6 nitrogen and oxygen atoms in total. The van der Waals surface area contributed by atoms with Gasteiger partial charge in [0.25, 0.3) is 0 Å². The van der Waals surface area contributed by atoms with Crippen LogP contribution in [-0.2, 0) is 10.0 Å². The molecular weight excluding hydrogens is 318 g/mol. The summed E-state index contributed by atoms with van der Waals surface area (Å²) in [5.41, 5.74) is 1.96. The molecule has 0 fully saturated rings. The van der Waals surface area contributed by atoms with Crippen molar-refractivity contribution in [3.05, 3.63) is 48.4 Å². The topological polar surface area (TPSA) is 98.0 Å². The normalized spacial score (nSPS) is 11.6. The molecule has 23 heavy (non-hydrogen) atoms. The molecule has 3 N–H and O–H groups in total. The van der Waals surface area contributed by atoms with E-state index in [0.717, 1.165) is 0 Å². The molecule has 0 radical (unpaired) electrons. The van der Waals surface area contributed by atoms with E-state index in [0.29, 0.717) is 28.0 Å². The summed E-state index contributed by atoms with van der Waals surface area (Å²) in [4.78, 5) is 8.50. The Morgan fingerprint density at radius 1 is 1.17 bits per heavy atom. The fourth-order valence-electron chi connectivity index (χ4n) is 2.20. The second-order valence-corrected chi connectivity index (χ2v) is 6.61. The fraction of sp³-hybridized carbons (Fsp3) is 0. The van der Waals surface area contributed by atoms with Crippen LogP contribution < -0.4 is 15.9 Å². The lowest BCUT2D eigenvalue weighted by molar-refractivity contribution is 0.598. The molecule has 0 amide bonds. The molecule has 0 saturated carbocycles. The number of sulfonamides is 1. The highest BCUT2D eigenvalue weighted by Gasteiger charge is 2.08. The van der Waals surface area contributed by atoms with Crippen LogP contribution in [-0.4, -0.2) is 26.2 Å². The van der Waals surface area contributed by atoms with Crippen LogP contribution in [0.15, 0.2) is 47.5 Å². The summed E-state index contributed by atoms with van der Waals surface area (Å²) in [5.74, 6) is -0.00606. The molecular formula is C14H12BFN4O2S. The highest BCUT2D eigenvalue weighted by atomic mass is 32.2. The molecule has 1 aromatic heterocycles. The van der Waals surface area contributed by atoms with Crippen LogP contribution in [0.3, 0.4) is 0 Å². The third-order valence-corrected chi connectivity index (χ3v) is 4.21. The largest absolute Gasteiger partial charge is 0.324 e. The third kappa shape index (κ3) is 3.30. The lowest BCUT2D eigenvalue weighted by Crippen LogP contribution is -2.12. The van der Waals surface area contributed by atoms with Crippen molar-refractivity contribution in [2.24, 2.45) is 5.14 Å². The highest BCUT2D eigenvalue weighted by molar-refractivity contribution is 7.89. The first-order valence-electron chi connectivity index (χ1n) is 6.66. The second kappa shape index (κ2) is 5.60. The molecule has 0 aliphatic rings. The van der Waals surface area contributed by atoms with Crippen molar-refractivity contribution in [1.82, 2.24) is 9.97 Å². The molecule has 9 heteroatoms. The van der Waals surface area contributed by atoms with Crippen molar-refractivity contribution in [3.63, 3.8) is 0 Å². The molecule has 0 bridgehead atoms. The molecule has 116 valence electrons. The monoisotopic (exact) mass is 330 g/mol. The summed E-state index contributed by atoms with van der Waals surface area (Å²) in [6.45, 7) is 0. The summed E-state index contributed by atoms with van der Waals surface area (Å²) in [6.07, 6.45) is 1.53. The Morgan fingerprint density at radius 2 is 1.87 bits per heavy atom. The van der Waals surface area contributed by atoms with E-state index in [4.69, 9.17) is 5.14 Å². The number of benzene rings is 2. The Hall–Kier alpha value is -2.52. The van der Waals surface area contributed by atoms with Gasteiger partial charge in [-0.1, -0.05) is 5.46 Å². The van der Waals surface area contributed by atoms with Gasteiger partial charge in [0.15, 0.2) is 0 Å². The van der Waals surface area contributed by atoms with Gasteiger partial charge in [0.05, 0.1) is 10.4 Å². The van der Waals surface area contributed by atoms with Gasteiger partial charge in [-0.25, -0.2) is 27.9 Å². The van der Waals surface area contributed by atoms with Crippen LogP contribution >= 0.6 is 0 Å². The number of primary sulfonamides is 1. The minimum atomic E-state index is -3.73. The molecule has 3 aromatic rings. The van der Waals surface area contributed by atoms with Crippen molar-refractivity contribution >= 4 is 45.9 Å². The number of nitrogens with two attached hydrogens (primary N) is 1. The average molecular weight is 330 g/mol. The van der Waals surface area contributed by atoms with Gasteiger partial charge < -0.3 is 5.32 Å². The van der Waals surface area contributed by atoms with Gasteiger partial charge in [0.2, 0.25) is 16.0 Å². The van der Waals surface area contributed by atoms with Gasteiger partial charge in [-0.3, -0.25) is 0 Å². The van der Waals surface area contributed by atoms with E-state index in [-0.39, 0.29) is 10.7 Å². The van der Waals surface area contributed by atoms with E-state index in [1.54, 1.807) is 20.0 Å². The Morgan fingerprint density at radius 3 is 2.52 bits per heavy atom. The predicted molar refractivity (Wildman–Crippen MR) is 88.8 cm³/mol. The minimum absolute atomic E-state index is 0.0220. The van der Waals surface area contributed by atoms with Gasteiger partial charge in [-0.05, 0) is 36.4 Å². The van der Waals surface area contributed by atoms with E-state index < -0.39 is 10.0 Å². The van der Waals surface area contributed by atoms with Crippen LogP contribution in [0.5, 0.6) is 0 Å². The Kier molecular flexibility index (Phi) is 3.74. The quantitative estimate of drug-likeness (QED) is 0.678. The Labute approximate surface area is 133 Å². The van der Waals surface area contributed by atoms with Crippen LogP contribution in [0.4, 0.5) is 16.0 Å². The van der Waals surface area contributed by atoms with E-state index >= 15 is 0 Å². The first-order chi connectivity index (χ1) is 10.8. The van der Waals surface area contributed by atoms with Crippen LogP contribution in [0, 0.1) is 5.82 Å². The maximum Gasteiger partial charge on any atom is 0.238 e. The average Bonchev–Trinajstić information content (AvgIpc) is 2.47. The first-order valence-corrected chi connectivity index (χ1v) is 8.20. The van der Waals surface area contributed by atoms with Gasteiger partial charge >= 0.3 is 0 Å². The van der Waals surface area contributed by atoms with E-state index in [2.05, 4.69) is 15.3 Å². The highest BCUT2D eigenvalue weighted by Crippen LogP contribution is 2.18. The molecule has 0 atom stereocenters. The van der Waals surface area contributed by atoms with Crippen molar-refractivity contribution in [3.8, 4) is 0 Å². The van der Waals surface area contributed by atoms with E-state index in [1.165, 1.54) is 30.5 Å². The molecule has 0 aliphatic carbocycles. The van der Waals surface area contributed by atoms with E-state index in [1.807, 2.05) is 0 Å². The summed E-state index contributed by atoms with van der Waals surface area (Å²) in [5, 5.41) is 8.62. The molecule has 0 unspecified atom stereocenters. The zero-order valence-electron chi connectivity index (χ0n) is 12.1. The first kappa shape index (κ1) is 15.4. The number of aromatic nitrogens is 2. The van der Waals surface area contributed by atoms with Gasteiger partial charge in [-0.2, -0.15) is 0 Å². The van der Waals surface area contributed by atoms with Crippen LogP contribution in [0.25, 0.3) is 10.9 Å². The smallest absolute Gasteiger partial charge is 0.238 e. The number of hydrogen-bond donors (Lipinski definition) is 2. The summed E-state index contributed by atoms with van der Waals surface area (Å²) < 4.78 is 35.8. The number of halogens is 1. The lowest BCUT2D eigenvalue weighted by Gasteiger charge is -2.08. The standard InChI is InChI=1S/C14H12BFN4O2S/c15-12-6-9(16)5-8-7-18-14(20-13(8)12)19-10-1-3-11(4-2-10)23(17,21)22/h1-7H,15H2,(H2,17,21,22)(H,18,19,20). The zero-order chi connectivity index (χ0) is 16.6. The second-order valence-electron chi connectivity index (χ2n) is 5.05. The van der Waals surface area contributed by atoms with Gasteiger partial charge in [0, 0.05) is 17.3 Å². The predicted octanol–water partition coefficient (Wildman–Crippen LogP) is 0.418. The van der Waals surface area contributed by atoms with Crippen molar-refractivity contribution in [1.29, 1.82) is 0 Å². The SMILES string of the molecule is Bc1cc(F)cc2cnc(Nc3ccc(S(N)(=O)=O)cc3)nc12. The van der Waals surface area contributed by atoms with Gasteiger partial charge in [0.1, 0.15) is 13.7 Å². The fourth-order valence-corrected chi connectivity index (χ4v) is 2.71. The summed E-state index contributed by atoms with van der Waals surface area (Å²) in [7, 11) is -1.96. The maximum absolute atomic E-state index is 13.3. The molecule has 0 spiro atoms. The van der Waals surface area contributed by atoms with Crippen molar-refractivity contribution in [2.45, 2.75) is 4.90 Å². The molecule has 1 heterocycles. The molecule has 2 aromatic carbocycles. The lowest BCUT2D eigenvalue weighted by atomic mass is 9.93.